The van der Waals surface area contributed by atoms with Crippen LogP contribution in [0.1, 0.15) is 35.6 Å². The highest BCUT2D eigenvalue weighted by molar-refractivity contribution is 7.98. The van der Waals surface area contributed by atoms with E-state index in [1.807, 2.05) is 86.2 Å². The Morgan fingerprint density at radius 1 is 0.592 bits per heavy atom. The van der Waals surface area contributed by atoms with Crippen LogP contribution in [0.4, 0.5) is 0 Å². The monoisotopic (exact) mass is 1070 g/mol. The van der Waals surface area contributed by atoms with Crippen LogP contribution in [0.15, 0.2) is 110 Å². The lowest BCUT2D eigenvalue weighted by molar-refractivity contribution is -0.147. The Morgan fingerprint density at radius 2 is 1.11 bits per heavy atom. The van der Waals surface area contributed by atoms with Gasteiger partial charge in [-0.15, -0.1) is 0 Å². The van der Waals surface area contributed by atoms with Crippen LogP contribution in [0.2, 0.25) is 0 Å². The van der Waals surface area contributed by atoms with Crippen molar-refractivity contribution in [3.63, 3.8) is 0 Å². The molecule has 4 aromatic heterocycles. The summed E-state index contributed by atoms with van der Waals surface area (Å²) in [6.07, 6.45) is 13.6. The van der Waals surface area contributed by atoms with Crippen LogP contribution in [-0.4, -0.2) is 194 Å². The number of amides is 7. The maximum absolute atomic E-state index is 14.5. The number of fused-ring (bicyclic) bond motifs is 2. The molecule has 0 fully saturated rings. The lowest BCUT2D eigenvalue weighted by atomic mass is 10.1. The molecule has 0 radical (unpaired) electrons. The largest absolute Gasteiger partial charge is 0.361 e. The van der Waals surface area contributed by atoms with E-state index >= 15 is 0 Å². The summed E-state index contributed by atoms with van der Waals surface area (Å²) in [5.41, 5.74) is 5.33. The molecule has 19 nitrogen and oxygen atoms in total. The minimum atomic E-state index is -0.544. The van der Waals surface area contributed by atoms with Gasteiger partial charge in [0.05, 0.1) is 39.3 Å². The fourth-order valence-corrected chi connectivity index (χ4v) is 9.10. The van der Waals surface area contributed by atoms with E-state index in [9.17, 15) is 33.6 Å². The molecule has 7 amide bonds. The molecule has 2 aromatic carbocycles. The first-order chi connectivity index (χ1) is 36.9. The van der Waals surface area contributed by atoms with Crippen molar-refractivity contribution in [3.8, 4) is 0 Å². The minimum Gasteiger partial charge on any atom is -0.361 e. The van der Waals surface area contributed by atoms with Crippen molar-refractivity contribution in [2.24, 2.45) is 0 Å². The number of nitrogens with zero attached hydrogens (tertiary/aromatic N) is 8. The number of pyridine rings is 2. The Kier molecular flexibility index (Phi) is 23.2. The van der Waals surface area contributed by atoms with E-state index < -0.39 is 49.2 Å². The third kappa shape index (κ3) is 17.7. The Bertz CT molecular complexity index is 2850. The molecule has 4 heterocycles. The molecule has 404 valence electrons. The molecule has 76 heavy (non-hydrogen) atoms. The van der Waals surface area contributed by atoms with Gasteiger partial charge < -0.3 is 50.0 Å². The van der Waals surface area contributed by atoms with Crippen molar-refractivity contribution < 1.29 is 33.6 Å². The van der Waals surface area contributed by atoms with E-state index in [2.05, 4.69) is 43.2 Å². The molecule has 4 N–H and O–H groups in total. The molecule has 0 spiro atoms. The van der Waals surface area contributed by atoms with Crippen molar-refractivity contribution >= 4 is 87.5 Å². The fraction of sp³-hybridized carbons (Fsp3) is 0.400. The number of carbonyl (C=O) groups excluding carboxylic acids is 7. The number of H-pyrrole nitrogens is 2. The molecule has 0 saturated carbocycles. The van der Waals surface area contributed by atoms with Crippen molar-refractivity contribution in [2.45, 2.75) is 39.3 Å². The number of likely N-dealkylation sites (N-methyl/N-ethyl adjacent to an activating group) is 1. The maximum Gasteiger partial charge on any atom is 0.242 e. The van der Waals surface area contributed by atoms with Crippen LogP contribution in [0.25, 0.3) is 21.8 Å². The third-order valence-electron chi connectivity index (χ3n) is 12.8. The van der Waals surface area contributed by atoms with Crippen LogP contribution in [0.3, 0.4) is 0 Å². The molecule has 0 aliphatic heterocycles. The van der Waals surface area contributed by atoms with Gasteiger partial charge in [0.1, 0.15) is 6.54 Å². The van der Waals surface area contributed by atoms with Gasteiger partial charge in [0.2, 0.25) is 41.4 Å². The molecule has 0 aliphatic rings. The van der Waals surface area contributed by atoms with Crippen LogP contribution in [-0.2, 0) is 59.5 Å². The maximum atomic E-state index is 14.5. The SMILES string of the molecule is CCCN(CC(=O)N(CCc1c[nH]c2ccccc12)CC(=O)NCCS)C(=O)CN(CCc1c[nH]c2ccccc12)C(=O)CN(C)C(=O)CN(Cc1cccnc1)C(=O)CN(CCSC)C(=O)CNCc1cccnc1. The molecular weight excluding hydrogens is 1000 g/mol. The average molecular weight is 1080 g/mol. The zero-order valence-corrected chi connectivity index (χ0v) is 45.3. The summed E-state index contributed by atoms with van der Waals surface area (Å²) < 4.78 is 0. The second-order valence-corrected chi connectivity index (χ2v) is 19.8. The molecule has 0 aliphatic carbocycles. The van der Waals surface area contributed by atoms with Gasteiger partial charge in [-0.05, 0) is 72.0 Å². The Balaban J connectivity index is 1.16. The normalized spacial score (nSPS) is 11.1. The Labute approximate surface area is 453 Å². The molecule has 21 heteroatoms. The van der Waals surface area contributed by atoms with Gasteiger partial charge >= 0.3 is 0 Å². The third-order valence-corrected chi connectivity index (χ3v) is 13.6. The molecular formula is C55H70N12O7S2. The summed E-state index contributed by atoms with van der Waals surface area (Å²) in [6, 6.07) is 22.8. The molecule has 6 aromatic rings. The van der Waals surface area contributed by atoms with Gasteiger partial charge in [-0.25, -0.2) is 0 Å². The van der Waals surface area contributed by atoms with E-state index in [1.165, 1.54) is 48.2 Å². The van der Waals surface area contributed by atoms with Gasteiger partial charge in [0.25, 0.3) is 0 Å². The Hall–Kier alpha value is -7.23. The van der Waals surface area contributed by atoms with Crippen molar-refractivity contribution in [2.75, 3.05) is 103 Å². The number of para-hydroxylation sites is 2. The van der Waals surface area contributed by atoms with Crippen molar-refractivity contribution in [1.29, 1.82) is 0 Å². The number of hydrogen-bond acceptors (Lipinski definition) is 12. The number of thiol groups is 1. The van der Waals surface area contributed by atoms with Crippen LogP contribution in [0, 0.1) is 0 Å². The molecule has 0 unspecified atom stereocenters. The predicted molar refractivity (Wildman–Crippen MR) is 299 cm³/mol. The summed E-state index contributed by atoms with van der Waals surface area (Å²) in [7, 11) is 1.47. The van der Waals surface area contributed by atoms with Gasteiger partial charge in [-0.3, -0.25) is 43.5 Å². The summed E-state index contributed by atoms with van der Waals surface area (Å²) in [4.78, 5) is 121. The van der Waals surface area contributed by atoms with Gasteiger partial charge in [-0.1, -0.05) is 55.5 Å². The molecule has 0 bridgehead atoms. The number of hydrogen-bond donors (Lipinski definition) is 5. The number of carbonyl (C=O) groups is 7. The number of aromatic amines is 2. The van der Waals surface area contributed by atoms with E-state index in [4.69, 9.17) is 0 Å². The van der Waals surface area contributed by atoms with E-state index in [-0.39, 0.29) is 64.2 Å². The second kappa shape index (κ2) is 30.4. The summed E-state index contributed by atoms with van der Waals surface area (Å²) in [5.74, 6) is -2.06. The number of rotatable bonds is 31. The molecule has 0 atom stereocenters. The molecule has 6 rings (SSSR count). The number of benzene rings is 2. The van der Waals surface area contributed by atoms with Gasteiger partial charge in [0.15, 0.2) is 0 Å². The van der Waals surface area contributed by atoms with Crippen LogP contribution >= 0.6 is 24.4 Å². The lowest BCUT2D eigenvalue weighted by Crippen LogP contribution is -2.52. The Morgan fingerprint density at radius 3 is 1.66 bits per heavy atom. The highest BCUT2D eigenvalue weighted by Gasteiger charge is 2.29. The topological polar surface area (TPSA) is 220 Å². The number of aromatic nitrogens is 4. The fourth-order valence-electron chi connectivity index (χ4n) is 8.59. The average Bonchev–Trinajstić information content (AvgIpc) is 4.05. The first-order valence-corrected chi connectivity index (χ1v) is 27.5. The zero-order chi connectivity index (χ0) is 54.2. The number of thioether (sulfide) groups is 1. The summed E-state index contributed by atoms with van der Waals surface area (Å²) >= 11 is 5.74. The highest BCUT2D eigenvalue weighted by Crippen LogP contribution is 2.20. The zero-order valence-electron chi connectivity index (χ0n) is 43.6. The quantitative estimate of drug-likeness (QED) is 0.0396. The van der Waals surface area contributed by atoms with Crippen molar-refractivity contribution in [1.82, 2.24) is 60.0 Å². The van der Waals surface area contributed by atoms with E-state index in [1.54, 1.807) is 36.9 Å². The standard InChI is InChI=1S/C55H70N12O7S2/c1-4-22-63(38-54(73)64(35-49(68)59-21-26-75)23-17-43-31-60-47-15-7-5-13-45(43)47)53(72)39-65(24-18-44-32-61-48-16-8-6-14-46(44)48)52(71)36-62(2)51(70)37-67(34-42-12-10-20-57-30-42)55(74)40-66(25-27-76-3)50(69)33-58-29-41-11-9-19-56-28-41/h5-16,19-20,28,30-32,58,60-61,75H,4,17-18,21-27,29,33-40H2,1-3H3,(H,59,68). The molecule has 0 saturated heterocycles. The minimum absolute atomic E-state index is 0.0159. The first kappa shape index (κ1) is 58.0. The van der Waals surface area contributed by atoms with Crippen LogP contribution < -0.4 is 10.6 Å². The smallest absolute Gasteiger partial charge is 0.242 e. The van der Waals surface area contributed by atoms with Gasteiger partial charge in [0, 0.05) is 123 Å². The van der Waals surface area contributed by atoms with Crippen molar-refractivity contribution in [3.05, 3.63) is 132 Å². The first-order valence-electron chi connectivity index (χ1n) is 25.4. The number of nitrogens with one attached hydrogen (secondary N) is 4. The van der Waals surface area contributed by atoms with E-state index in [0.717, 1.165) is 38.5 Å². The lowest BCUT2D eigenvalue weighted by Gasteiger charge is -2.31. The van der Waals surface area contributed by atoms with Crippen LogP contribution in [0.5, 0.6) is 0 Å². The predicted octanol–water partition coefficient (Wildman–Crippen LogP) is 3.63. The van der Waals surface area contributed by atoms with E-state index in [0.29, 0.717) is 56.0 Å². The van der Waals surface area contributed by atoms with Gasteiger partial charge in [-0.2, -0.15) is 24.4 Å². The summed E-state index contributed by atoms with van der Waals surface area (Å²) in [6.45, 7) is 1.39. The summed E-state index contributed by atoms with van der Waals surface area (Å²) in [5, 5.41) is 7.89. The highest BCUT2D eigenvalue weighted by atomic mass is 32.2. The second-order valence-electron chi connectivity index (χ2n) is 18.4.